The van der Waals surface area contributed by atoms with Gasteiger partial charge in [0, 0.05) is 13.0 Å². The molecule has 17 heavy (non-hydrogen) atoms. The van der Waals surface area contributed by atoms with Crippen molar-refractivity contribution in [2.24, 2.45) is 5.73 Å². The standard InChI is InChI=1S/C12H22N2O2S/c1-2-16-9-6-10(15)14-12(11(13)17)7-4-3-5-8-12/h2-9H2,1H3,(H2,13,17)(H,14,15). The lowest BCUT2D eigenvalue weighted by atomic mass is 9.81. The number of nitrogens with one attached hydrogen (secondary N) is 1. The Bertz CT molecular complexity index is 276. The van der Waals surface area contributed by atoms with E-state index in [1.165, 1.54) is 6.42 Å². The molecule has 0 aromatic heterocycles. The smallest absolute Gasteiger partial charge is 0.223 e. The van der Waals surface area contributed by atoms with Crippen molar-refractivity contribution in [2.45, 2.75) is 51.0 Å². The van der Waals surface area contributed by atoms with Crippen LogP contribution in [0.1, 0.15) is 45.4 Å². The van der Waals surface area contributed by atoms with E-state index in [0.717, 1.165) is 25.7 Å². The lowest BCUT2D eigenvalue weighted by molar-refractivity contribution is -0.123. The zero-order valence-corrected chi connectivity index (χ0v) is 11.3. The summed E-state index contributed by atoms with van der Waals surface area (Å²) in [5.74, 6) is -0.0202. The fourth-order valence-electron chi connectivity index (χ4n) is 2.23. The second-order valence-corrected chi connectivity index (χ2v) is 4.94. The molecule has 0 heterocycles. The van der Waals surface area contributed by atoms with E-state index in [1.54, 1.807) is 0 Å². The van der Waals surface area contributed by atoms with Crippen molar-refractivity contribution in [1.29, 1.82) is 0 Å². The second kappa shape index (κ2) is 6.91. The summed E-state index contributed by atoms with van der Waals surface area (Å²) in [6.07, 6.45) is 5.44. The summed E-state index contributed by atoms with van der Waals surface area (Å²) in [6.45, 7) is 3.00. The molecule has 0 radical (unpaired) electrons. The molecule has 1 saturated carbocycles. The summed E-state index contributed by atoms with van der Waals surface area (Å²) in [6, 6.07) is 0. The number of ether oxygens (including phenoxy) is 1. The van der Waals surface area contributed by atoms with E-state index in [0.29, 0.717) is 24.6 Å². The first-order valence-corrected chi connectivity index (χ1v) is 6.70. The van der Waals surface area contributed by atoms with E-state index in [2.05, 4.69) is 5.32 Å². The molecule has 0 atom stereocenters. The predicted octanol–water partition coefficient (Wildman–Crippen LogP) is 1.52. The van der Waals surface area contributed by atoms with Crippen LogP contribution in [0.15, 0.2) is 0 Å². The van der Waals surface area contributed by atoms with Gasteiger partial charge in [-0.1, -0.05) is 31.5 Å². The first kappa shape index (κ1) is 14.4. The maximum atomic E-state index is 11.8. The Balaban J connectivity index is 2.48. The van der Waals surface area contributed by atoms with Crippen LogP contribution in [0.5, 0.6) is 0 Å². The Hall–Kier alpha value is -0.680. The molecule has 0 aromatic rings. The molecule has 0 saturated heterocycles. The molecule has 0 spiro atoms. The number of nitrogens with two attached hydrogens (primary N) is 1. The van der Waals surface area contributed by atoms with Crippen LogP contribution in [-0.2, 0) is 9.53 Å². The van der Waals surface area contributed by atoms with Gasteiger partial charge in [0.2, 0.25) is 5.91 Å². The average Bonchev–Trinajstić information content (AvgIpc) is 2.30. The molecule has 98 valence electrons. The molecule has 3 N–H and O–H groups in total. The van der Waals surface area contributed by atoms with E-state index in [-0.39, 0.29) is 5.91 Å². The van der Waals surface area contributed by atoms with Crippen molar-refractivity contribution in [2.75, 3.05) is 13.2 Å². The topological polar surface area (TPSA) is 64.3 Å². The van der Waals surface area contributed by atoms with Gasteiger partial charge in [-0.05, 0) is 19.8 Å². The van der Waals surface area contributed by atoms with Crippen molar-refractivity contribution >= 4 is 23.1 Å². The molecule has 4 nitrogen and oxygen atoms in total. The first-order chi connectivity index (χ1) is 8.10. The quantitative estimate of drug-likeness (QED) is 0.560. The van der Waals surface area contributed by atoms with Crippen molar-refractivity contribution in [1.82, 2.24) is 5.32 Å². The Morgan fingerprint density at radius 1 is 1.41 bits per heavy atom. The summed E-state index contributed by atoms with van der Waals surface area (Å²) >= 11 is 5.11. The van der Waals surface area contributed by atoms with Gasteiger partial charge in [0.25, 0.3) is 0 Å². The number of rotatable bonds is 6. The molecule has 1 fully saturated rings. The van der Waals surface area contributed by atoms with Crippen molar-refractivity contribution in [3.8, 4) is 0 Å². The van der Waals surface area contributed by atoms with Crippen LogP contribution in [-0.4, -0.2) is 29.6 Å². The third kappa shape index (κ3) is 4.24. The predicted molar refractivity (Wildman–Crippen MR) is 71.9 cm³/mol. The summed E-state index contributed by atoms with van der Waals surface area (Å²) < 4.78 is 5.16. The van der Waals surface area contributed by atoms with Gasteiger partial charge in [-0.15, -0.1) is 0 Å². The highest BCUT2D eigenvalue weighted by molar-refractivity contribution is 7.80. The average molecular weight is 258 g/mol. The van der Waals surface area contributed by atoms with Crippen molar-refractivity contribution in [3.05, 3.63) is 0 Å². The van der Waals surface area contributed by atoms with Crippen LogP contribution >= 0.6 is 12.2 Å². The molecule has 1 amide bonds. The summed E-state index contributed by atoms with van der Waals surface area (Å²) in [5, 5.41) is 3.01. The number of amides is 1. The highest BCUT2D eigenvalue weighted by atomic mass is 32.1. The fraction of sp³-hybridized carbons (Fsp3) is 0.833. The molecule has 1 aliphatic carbocycles. The minimum absolute atomic E-state index is 0.0202. The Kier molecular flexibility index (Phi) is 5.85. The summed E-state index contributed by atoms with van der Waals surface area (Å²) in [7, 11) is 0. The highest BCUT2D eigenvalue weighted by Gasteiger charge is 2.36. The van der Waals surface area contributed by atoms with Gasteiger partial charge in [-0.3, -0.25) is 4.79 Å². The maximum Gasteiger partial charge on any atom is 0.223 e. The zero-order valence-electron chi connectivity index (χ0n) is 10.5. The minimum atomic E-state index is -0.448. The SMILES string of the molecule is CCOCCC(=O)NC1(C(N)=S)CCCCC1. The van der Waals surface area contributed by atoms with E-state index in [4.69, 9.17) is 22.7 Å². The third-order valence-electron chi connectivity index (χ3n) is 3.24. The molecule has 0 unspecified atom stereocenters. The van der Waals surface area contributed by atoms with Crippen molar-refractivity contribution in [3.63, 3.8) is 0 Å². The molecular weight excluding hydrogens is 236 g/mol. The third-order valence-corrected chi connectivity index (χ3v) is 3.63. The highest BCUT2D eigenvalue weighted by Crippen LogP contribution is 2.28. The molecule has 1 aliphatic rings. The zero-order chi connectivity index (χ0) is 12.7. The number of carbonyl (C=O) groups is 1. The van der Waals surface area contributed by atoms with E-state index >= 15 is 0 Å². The van der Waals surface area contributed by atoms with Gasteiger partial charge in [0.1, 0.15) is 0 Å². The Morgan fingerprint density at radius 2 is 2.06 bits per heavy atom. The molecule has 0 aliphatic heterocycles. The van der Waals surface area contributed by atoms with Crippen LogP contribution in [0, 0.1) is 0 Å². The van der Waals surface area contributed by atoms with E-state index in [1.807, 2.05) is 6.92 Å². The minimum Gasteiger partial charge on any atom is -0.391 e. The number of hydrogen-bond acceptors (Lipinski definition) is 3. The number of thiocarbonyl (C=S) groups is 1. The van der Waals surface area contributed by atoms with Gasteiger partial charge < -0.3 is 15.8 Å². The Morgan fingerprint density at radius 3 is 2.59 bits per heavy atom. The summed E-state index contributed by atoms with van der Waals surface area (Å²) in [4.78, 5) is 12.2. The van der Waals surface area contributed by atoms with Gasteiger partial charge >= 0.3 is 0 Å². The lowest BCUT2D eigenvalue weighted by Crippen LogP contribution is -2.57. The summed E-state index contributed by atoms with van der Waals surface area (Å²) in [5.41, 5.74) is 5.34. The normalized spacial score (nSPS) is 18.6. The molecule has 0 bridgehead atoms. The molecule has 0 aromatic carbocycles. The monoisotopic (exact) mass is 258 g/mol. The Labute approximate surface area is 108 Å². The van der Waals surface area contributed by atoms with Gasteiger partial charge in [0.05, 0.1) is 17.1 Å². The van der Waals surface area contributed by atoms with Gasteiger partial charge in [0.15, 0.2) is 0 Å². The van der Waals surface area contributed by atoms with Crippen LogP contribution in [0.3, 0.4) is 0 Å². The number of carbonyl (C=O) groups excluding carboxylic acids is 1. The van der Waals surface area contributed by atoms with Crippen LogP contribution in [0.4, 0.5) is 0 Å². The van der Waals surface area contributed by atoms with Crippen molar-refractivity contribution < 1.29 is 9.53 Å². The van der Waals surface area contributed by atoms with E-state index in [9.17, 15) is 4.79 Å². The van der Waals surface area contributed by atoms with Crippen LogP contribution in [0.25, 0.3) is 0 Å². The molecule has 5 heteroatoms. The molecular formula is C12H22N2O2S. The number of hydrogen-bond donors (Lipinski definition) is 2. The van der Waals surface area contributed by atoms with E-state index < -0.39 is 5.54 Å². The maximum absolute atomic E-state index is 11.8. The second-order valence-electron chi connectivity index (χ2n) is 4.50. The van der Waals surface area contributed by atoms with Gasteiger partial charge in [-0.25, -0.2) is 0 Å². The van der Waals surface area contributed by atoms with Gasteiger partial charge in [-0.2, -0.15) is 0 Å². The molecule has 1 rings (SSSR count). The van der Waals surface area contributed by atoms with Crippen LogP contribution < -0.4 is 11.1 Å². The lowest BCUT2D eigenvalue weighted by Gasteiger charge is -2.37. The van der Waals surface area contributed by atoms with Crippen LogP contribution in [0.2, 0.25) is 0 Å². The largest absolute Gasteiger partial charge is 0.391 e. The first-order valence-electron chi connectivity index (χ1n) is 6.29. The fourth-order valence-corrected chi connectivity index (χ4v) is 2.48.